The summed E-state index contributed by atoms with van der Waals surface area (Å²) in [4.78, 5) is 15.5. The summed E-state index contributed by atoms with van der Waals surface area (Å²) in [5.74, 6) is 0.109. The molecule has 1 aromatic carbocycles. The third-order valence-electron chi connectivity index (χ3n) is 3.70. The van der Waals surface area contributed by atoms with E-state index in [2.05, 4.69) is 34.7 Å². The van der Waals surface area contributed by atoms with E-state index in [4.69, 9.17) is 0 Å². The number of carbonyl (C=O) groups excluding carboxylic acids is 1. The van der Waals surface area contributed by atoms with E-state index in [1.54, 1.807) is 0 Å². The fourth-order valence-electron chi connectivity index (χ4n) is 2.70. The number of benzene rings is 1. The largest absolute Gasteiger partial charge is 0.357 e. The normalized spacial score (nSPS) is 18.3. The molecule has 0 radical (unpaired) electrons. The van der Waals surface area contributed by atoms with E-state index in [1.165, 1.54) is 16.6 Å². The molecule has 3 N–H and O–H groups in total. The van der Waals surface area contributed by atoms with Crippen LogP contribution < -0.4 is 10.6 Å². The maximum absolute atomic E-state index is 12.0. The van der Waals surface area contributed by atoms with Crippen molar-refractivity contribution in [2.75, 3.05) is 6.54 Å². The van der Waals surface area contributed by atoms with Crippen LogP contribution in [0.15, 0.2) is 24.3 Å². The van der Waals surface area contributed by atoms with Gasteiger partial charge in [-0.1, -0.05) is 25.1 Å². The number of aromatic nitrogens is 1. The minimum atomic E-state index is -0.113. The predicted octanol–water partition coefficient (Wildman–Crippen LogP) is 1.71. The summed E-state index contributed by atoms with van der Waals surface area (Å²) in [5, 5.41) is 7.51. The highest BCUT2D eigenvalue weighted by molar-refractivity contribution is 5.88. The van der Waals surface area contributed by atoms with Gasteiger partial charge in [-0.3, -0.25) is 10.1 Å². The first-order valence-corrected chi connectivity index (χ1v) is 6.89. The summed E-state index contributed by atoms with van der Waals surface area (Å²) in [5.41, 5.74) is 3.65. The second-order valence-corrected chi connectivity index (χ2v) is 5.06. The Balaban J connectivity index is 1.84. The summed E-state index contributed by atoms with van der Waals surface area (Å²) in [6, 6.07) is 8.17. The topological polar surface area (TPSA) is 56.9 Å². The molecule has 1 atom stereocenters. The highest BCUT2D eigenvalue weighted by Gasteiger charge is 2.26. The lowest BCUT2D eigenvalue weighted by Crippen LogP contribution is -2.47. The molecular weight excluding hydrogens is 238 g/mol. The number of hydrogen-bond donors (Lipinski definition) is 3. The Bertz CT molecular complexity index is 602. The van der Waals surface area contributed by atoms with Crippen LogP contribution in [0.5, 0.6) is 0 Å². The second kappa shape index (κ2) is 5.05. The molecule has 100 valence electrons. The zero-order chi connectivity index (χ0) is 13.2. The van der Waals surface area contributed by atoms with Gasteiger partial charge >= 0.3 is 0 Å². The molecule has 0 aliphatic carbocycles. The monoisotopic (exact) mass is 257 g/mol. The summed E-state index contributed by atoms with van der Waals surface area (Å²) in [6.45, 7) is 3.54. The van der Waals surface area contributed by atoms with Crippen molar-refractivity contribution in [1.82, 2.24) is 15.6 Å². The average molecular weight is 257 g/mol. The van der Waals surface area contributed by atoms with Crippen LogP contribution in [0, 0.1) is 0 Å². The lowest BCUT2D eigenvalue weighted by atomic mass is 9.98. The van der Waals surface area contributed by atoms with Crippen molar-refractivity contribution in [2.24, 2.45) is 0 Å². The first-order chi connectivity index (χ1) is 9.29. The fourth-order valence-corrected chi connectivity index (χ4v) is 2.70. The van der Waals surface area contributed by atoms with Crippen LogP contribution in [-0.2, 0) is 17.8 Å². The van der Waals surface area contributed by atoms with Crippen molar-refractivity contribution in [3.05, 3.63) is 35.5 Å². The van der Waals surface area contributed by atoms with Crippen LogP contribution in [0.4, 0.5) is 0 Å². The third-order valence-corrected chi connectivity index (χ3v) is 3.70. The van der Waals surface area contributed by atoms with Gasteiger partial charge in [0, 0.05) is 29.7 Å². The van der Waals surface area contributed by atoms with Crippen molar-refractivity contribution in [2.45, 2.75) is 32.4 Å². The Hall–Kier alpha value is -1.81. The highest BCUT2D eigenvalue weighted by Crippen LogP contribution is 2.26. The molecule has 2 aromatic rings. The van der Waals surface area contributed by atoms with Gasteiger partial charge in [-0.2, -0.15) is 0 Å². The molecule has 1 aliphatic rings. The van der Waals surface area contributed by atoms with Gasteiger partial charge in [0.1, 0.15) is 0 Å². The third kappa shape index (κ3) is 2.24. The second-order valence-electron chi connectivity index (χ2n) is 5.06. The van der Waals surface area contributed by atoms with Gasteiger partial charge in [0.05, 0.1) is 6.04 Å². The summed E-state index contributed by atoms with van der Waals surface area (Å²) in [6.07, 6.45) is 1.73. The molecule has 0 saturated carbocycles. The molecule has 19 heavy (non-hydrogen) atoms. The van der Waals surface area contributed by atoms with E-state index in [0.717, 1.165) is 31.4 Å². The van der Waals surface area contributed by atoms with Gasteiger partial charge in [0.2, 0.25) is 5.91 Å². The summed E-state index contributed by atoms with van der Waals surface area (Å²) >= 11 is 0. The van der Waals surface area contributed by atoms with Gasteiger partial charge in [-0.05, 0) is 24.5 Å². The van der Waals surface area contributed by atoms with E-state index in [9.17, 15) is 4.79 Å². The maximum atomic E-state index is 12.0. The van der Waals surface area contributed by atoms with Crippen LogP contribution in [0.2, 0.25) is 0 Å². The van der Waals surface area contributed by atoms with Crippen LogP contribution in [-0.4, -0.2) is 23.5 Å². The molecule has 4 heteroatoms. The fraction of sp³-hybridized carbons (Fsp3) is 0.400. The molecule has 1 amide bonds. The zero-order valence-electron chi connectivity index (χ0n) is 11.1. The first-order valence-electron chi connectivity index (χ1n) is 6.89. The van der Waals surface area contributed by atoms with Gasteiger partial charge in [0.15, 0.2) is 0 Å². The van der Waals surface area contributed by atoms with Crippen molar-refractivity contribution >= 4 is 16.8 Å². The highest BCUT2D eigenvalue weighted by atomic mass is 16.2. The molecule has 0 saturated heterocycles. The SMILES string of the molecule is CCCNC(=O)C1Cc2c([nH]c3ccccc23)CN1. The first kappa shape index (κ1) is 12.2. The lowest BCUT2D eigenvalue weighted by molar-refractivity contribution is -0.123. The smallest absolute Gasteiger partial charge is 0.237 e. The Morgan fingerprint density at radius 3 is 3.11 bits per heavy atom. The Labute approximate surface area is 112 Å². The summed E-state index contributed by atoms with van der Waals surface area (Å²) in [7, 11) is 0. The maximum Gasteiger partial charge on any atom is 0.237 e. The van der Waals surface area contributed by atoms with Crippen molar-refractivity contribution < 1.29 is 4.79 Å². The quantitative estimate of drug-likeness (QED) is 0.784. The van der Waals surface area contributed by atoms with Crippen LogP contribution in [0.1, 0.15) is 24.6 Å². The summed E-state index contributed by atoms with van der Waals surface area (Å²) < 4.78 is 0. The molecule has 0 fully saturated rings. The molecule has 0 bridgehead atoms. The van der Waals surface area contributed by atoms with Crippen molar-refractivity contribution in [1.29, 1.82) is 0 Å². The number of amides is 1. The number of para-hydroxylation sites is 1. The molecule has 1 unspecified atom stereocenters. The Morgan fingerprint density at radius 2 is 2.26 bits per heavy atom. The zero-order valence-corrected chi connectivity index (χ0v) is 11.1. The molecule has 0 spiro atoms. The molecule has 1 aromatic heterocycles. The minimum Gasteiger partial charge on any atom is -0.357 e. The predicted molar refractivity (Wildman–Crippen MR) is 75.9 cm³/mol. The van der Waals surface area contributed by atoms with E-state index < -0.39 is 0 Å². The van der Waals surface area contributed by atoms with Crippen LogP contribution >= 0.6 is 0 Å². The van der Waals surface area contributed by atoms with Crippen LogP contribution in [0.25, 0.3) is 10.9 Å². The number of H-pyrrole nitrogens is 1. The number of fused-ring (bicyclic) bond motifs is 3. The van der Waals surface area contributed by atoms with Gasteiger partial charge in [-0.25, -0.2) is 0 Å². The molecule has 2 heterocycles. The Morgan fingerprint density at radius 1 is 1.42 bits per heavy atom. The van der Waals surface area contributed by atoms with Gasteiger partial charge < -0.3 is 10.3 Å². The van der Waals surface area contributed by atoms with Crippen molar-refractivity contribution in [3.8, 4) is 0 Å². The standard InChI is InChI=1S/C15H19N3O/c1-2-7-16-15(19)13-8-11-10-5-3-4-6-12(10)18-14(11)9-17-13/h3-6,13,17-18H,2,7-9H2,1H3,(H,16,19). The molecule has 3 rings (SSSR count). The van der Waals surface area contributed by atoms with E-state index in [-0.39, 0.29) is 11.9 Å². The average Bonchev–Trinajstić information content (AvgIpc) is 2.82. The number of aromatic amines is 1. The number of rotatable bonds is 3. The minimum absolute atomic E-state index is 0.109. The van der Waals surface area contributed by atoms with Crippen LogP contribution in [0.3, 0.4) is 0 Å². The Kier molecular flexibility index (Phi) is 3.25. The number of nitrogens with one attached hydrogen (secondary N) is 3. The molecule has 1 aliphatic heterocycles. The van der Waals surface area contributed by atoms with Gasteiger partial charge in [-0.15, -0.1) is 0 Å². The van der Waals surface area contributed by atoms with E-state index in [0.29, 0.717) is 0 Å². The lowest BCUT2D eigenvalue weighted by Gasteiger charge is -2.23. The number of hydrogen-bond acceptors (Lipinski definition) is 2. The van der Waals surface area contributed by atoms with Gasteiger partial charge in [0.25, 0.3) is 0 Å². The van der Waals surface area contributed by atoms with E-state index in [1.807, 2.05) is 12.1 Å². The van der Waals surface area contributed by atoms with E-state index >= 15 is 0 Å². The van der Waals surface area contributed by atoms with Crippen molar-refractivity contribution in [3.63, 3.8) is 0 Å². The molecular formula is C15H19N3O. The number of carbonyl (C=O) groups is 1. The molecule has 4 nitrogen and oxygen atoms in total.